The fourth-order valence-corrected chi connectivity index (χ4v) is 1.73. The first-order valence-electron chi connectivity index (χ1n) is 4.78. The van der Waals surface area contributed by atoms with Crippen molar-refractivity contribution in [3.8, 4) is 0 Å². The molecule has 0 aliphatic heterocycles. The van der Waals surface area contributed by atoms with E-state index in [1.165, 1.54) is 11.1 Å². The first-order valence-corrected chi connectivity index (χ1v) is 5.57. The molecule has 1 heterocycles. The number of halogens is 1. The van der Waals surface area contributed by atoms with Crippen LogP contribution in [0.1, 0.15) is 22.8 Å². The second-order valence-corrected chi connectivity index (χ2v) is 4.44. The summed E-state index contributed by atoms with van der Waals surface area (Å²) in [6.07, 6.45) is 0.801. The molecule has 4 heteroatoms. The Balaban J connectivity index is 2.21. The molecule has 0 aliphatic carbocycles. The lowest BCUT2D eigenvalue weighted by molar-refractivity contribution is 0.968. The normalized spacial score (nSPS) is 10.6. The Bertz CT molecular complexity index is 476. The van der Waals surface area contributed by atoms with E-state index in [9.17, 15) is 0 Å². The molecule has 2 aromatic rings. The molecular weight excluding hydrogens is 254 g/mol. The van der Waals surface area contributed by atoms with E-state index in [1.54, 1.807) is 0 Å². The Kier molecular flexibility index (Phi) is 2.86. The summed E-state index contributed by atoms with van der Waals surface area (Å²) in [7, 11) is 0. The predicted molar refractivity (Wildman–Crippen MR) is 62.8 cm³/mol. The van der Waals surface area contributed by atoms with Gasteiger partial charge in [0.25, 0.3) is 0 Å². The number of aryl methyl sites for hydroxylation is 2. The molecule has 0 saturated heterocycles. The Morgan fingerprint density at radius 2 is 2.13 bits per heavy atom. The molecule has 0 fully saturated rings. The van der Waals surface area contributed by atoms with Crippen LogP contribution in [0.5, 0.6) is 0 Å². The highest BCUT2D eigenvalue weighted by Crippen LogP contribution is 2.18. The summed E-state index contributed by atoms with van der Waals surface area (Å²) in [4.78, 5) is 4.28. The van der Waals surface area contributed by atoms with Gasteiger partial charge in [-0.15, -0.1) is 0 Å². The maximum Gasteiger partial charge on any atom is 0.147 e. The first kappa shape index (κ1) is 10.4. The molecule has 0 unspecified atom stereocenters. The Labute approximate surface area is 97.1 Å². The van der Waals surface area contributed by atoms with Gasteiger partial charge in [0.05, 0.1) is 0 Å². The van der Waals surface area contributed by atoms with Gasteiger partial charge >= 0.3 is 0 Å². The van der Waals surface area contributed by atoms with Crippen molar-refractivity contribution >= 4 is 15.9 Å². The number of nitrogens with zero attached hydrogens (tertiary/aromatic N) is 2. The number of rotatable bonds is 2. The third kappa shape index (κ3) is 2.45. The van der Waals surface area contributed by atoms with E-state index in [0.29, 0.717) is 0 Å². The lowest BCUT2D eigenvalue weighted by Crippen LogP contribution is -1.92. The molecule has 0 spiro atoms. The number of aromatic nitrogens is 3. The van der Waals surface area contributed by atoms with Crippen LogP contribution in [0.2, 0.25) is 0 Å². The smallest absolute Gasteiger partial charge is 0.147 e. The molecular formula is C11H12BrN3. The molecule has 3 nitrogen and oxygen atoms in total. The Morgan fingerprint density at radius 3 is 2.73 bits per heavy atom. The predicted octanol–water partition coefficient (Wildman–Crippen LogP) is 2.77. The van der Waals surface area contributed by atoms with Crippen molar-refractivity contribution in [2.75, 3.05) is 0 Å². The van der Waals surface area contributed by atoms with E-state index >= 15 is 0 Å². The summed E-state index contributed by atoms with van der Waals surface area (Å²) >= 11 is 3.48. The van der Waals surface area contributed by atoms with E-state index in [0.717, 1.165) is 22.5 Å². The van der Waals surface area contributed by atoms with E-state index in [1.807, 2.05) is 6.92 Å². The average molecular weight is 266 g/mol. The van der Waals surface area contributed by atoms with Gasteiger partial charge in [-0.1, -0.05) is 28.1 Å². The summed E-state index contributed by atoms with van der Waals surface area (Å²) in [5, 5.41) is 6.92. The zero-order chi connectivity index (χ0) is 10.8. The summed E-state index contributed by atoms with van der Waals surface area (Å²) in [5.74, 6) is 1.70. The minimum atomic E-state index is 0.791. The quantitative estimate of drug-likeness (QED) is 0.908. The van der Waals surface area contributed by atoms with Crippen LogP contribution >= 0.6 is 15.9 Å². The largest absolute Gasteiger partial charge is 0.263 e. The lowest BCUT2D eigenvalue weighted by atomic mass is 10.1. The molecule has 1 N–H and O–H groups in total. The van der Waals surface area contributed by atoms with Crippen molar-refractivity contribution in [3.05, 3.63) is 45.4 Å². The van der Waals surface area contributed by atoms with E-state index in [4.69, 9.17) is 0 Å². The van der Waals surface area contributed by atoms with Crippen LogP contribution in [-0.2, 0) is 6.42 Å². The van der Waals surface area contributed by atoms with Gasteiger partial charge in [0.15, 0.2) is 0 Å². The zero-order valence-electron chi connectivity index (χ0n) is 8.71. The monoisotopic (exact) mass is 265 g/mol. The van der Waals surface area contributed by atoms with Crippen molar-refractivity contribution in [2.24, 2.45) is 0 Å². The Morgan fingerprint density at radius 1 is 1.33 bits per heavy atom. The number of aromatic amines is 1. The summed E-state index contributed by atoms with van der Waals surface area (Å²) in [5.41, 5.74) is 2.48. The second kappa shape index (κ2) is 4.14. The van der Waals surface area contributed by atoms with E-state index in [-0.39, 0.29) is 0 Å². The van der Waals surface area contributed by atoms with Gasteiger partial charge in [-0.2, -0.15) is 5.10 Å². The van der Waals surface area contributed by atoms with Crippen molar-refractivity contribution in [2.45, 2.75) is 20.3 Å². The molecule has 1 aromatic heterocycles. The van der Waals surface area contributed by atoms with E-state index in [2.05, 4.69) is 56.2 Å². The first-order chi connectivity index (χ1) is 7.15. The van der Waals surface area contributed by atoms with Crippen molar-refractivity contribution < 1.29 is 0 Å². The van der Waals surface area contributed by atoms with Gasteiger partial charge in [-0.05, 0) is 31.0 Å². The molecule has 0 aliphatic rings. The highest BCUT2D eigenvalue weighted by Gasteiger charge is 2.02. The van der Waals surface area contributed by atoms with Gasteiger partial charge < -0.3 is 0 Å². The maximum atomic E-state index is 4.28. The van der Waals surface area contributed by atoms with Crippen LogP contribution in [0.15, 0.2) is 22.7 Å². The highest BCUT2D eigenvalue weighted by molar-refractivity contribution is 9.10. The molecule has 78 valence electrons. The van der Waals surface area contributed by atoms with Crippen LogP contribution in [0, 0.1) is 13.8 Å². The minimum Gasteiger partial charge on any atom is -0.263 e. The third-order valence-corrected chi connectivity index (χ3v) is 3.13. The molecule has 0 radical (unpaired) electrons. The zero-order valence-corrected chi connectivity index (χ0v) is 10.3. The van der Waals surface area contributed by atoms with E-state index < -0.39 is 0 Å². The number of hydrogen-bond donors (Lipinski definition) is 1. The van der Waals surface area contributed by atoms with Crippen molar-refractivity contribution in [1.29, 1.82) is 0 Å². The molecule has 1 aromatic carbocycles. The van der Waals surface area contributed by atoms with Crippen LogP contribution < -0.4 is 0 Å². The summed E-state index contributed by atoms with van der Waals surface area (Å²) < 4.78 is 1.14. The fraction of sp³-hybridized carbons (Fsp3) is 0.273. The van der Waals surface area contributed by atoms with Gasteiger partial charge in [-0.3, -0.25) is 5.10 Å². The van der Waals surface area contributed by atoms with Gasteiger partial charge in [0.1, 0.15) is 11.6 Å². The standard InChI is InChI=1S/C11H12BrN3/c1-7-5-9(3-4-10(7)12)6-11-13-8(2)14-15-11/h3-5H,6H2,1-2H3,(H,13,14,15). The van der Waals surface area contributed by atoms with Crippen molar-refractivity contribution in [1.82, 2.24) is 15.2 Å². The molecule has 15 heavy (non-hydrogen) atoms. The van der Waals surface area contributed by atoms with Crippen LogP contribution in [-0.4, -0.2) is 15.2 Å². The van der Waals surface area contributed by atoms with Crippen molar-refractivity contribution in [3.63, 3.8) is 0 Å². The topological polar surface area (TPSA) is 41.6 Å². The van der Waals surface area contributed by atoms with Gasteiger partial charge in [0, 0.05) is 10.9 Å². The van der Waals surface area contributed by atoms with Gasteiger partial charge in [0.2, 0.25) is 0 Å². The summed E-state index contributed by atoms with van der Waals surface area (Å²) in [6.45, 7) is 3.96. The van der Waals surface area contributed by atoms with Gasteiger partial charge in [-0.25, -0.2) is 4.98 Å². The Hall–Kier alpha value is -1.16. The second-order valence-electron chi connectivity index (χ2n) is 3.59. The average Bonchev–Trinajstić information content (AvgIpc) is 2.58. The molecule has 0 amide bonds. The number of H-pyrrole nitrogens is 1. The summed E-state index contributed by atoms with van der Waals surface area (Å²) in [6, 6.07) is 6.31. The third-order valence-electron chi connectivity index (χ3n) is 2.24. The lowest BCUT2D eigenvalue weighted by Gasteiger charge is -2.01. The fourth-order valence-electron chi connectivity index (χ4n) is 1.48. The highest BCUT2D eigenvalue weighted by atomic mass is 79.9. The maximum absolute atomic E-state index is 4.28. The molecule has 0 atom stereocenters. The van der Waals surface area contributed by atoms with Crippen LogP contribution in [0.4, 0.5) is 0 Å². The number of benzene rings is 1. The molecule has 0 saturated carbocycles. The number of nitrogens with one attached hydrogen (secondary N) is 1. The molecule has 0 bridgehead atoms. The number of hydrogen-bond acceptors (Lipinski definition) is 2. The van der Waals surface area contributed by atoms with Crippen LogP contribution in [0.25, 0.3) is 0 Å². The SMILES string of the molecule is Cc1n[nH]c(Cc2ccc(Br)c(C)c2)n1. The minimum absolute atomic E-state index is 0.791. The van der Waals surface area contributed by atoms with Crippen LogP contribution in [0.3, 0.4) is 0 Å². The molecule has 2 rings (SSSR count).